The van der Waals surface area contributed by atoms with E-state index in [1.807, 2.05) is 0 Å². The van der Waals surface area contributed by atoms with Gasteiger partial charge in [0.2, 0.25) is 0 Å². The second kappa shape index (κ2) is 1.95. The fraction of sp³-hybridized carbons (Fsp3) is 1.00. The van der Waals surface area contributed by atoms with Gasteiger partial charge in [0.25, 0.3) is 0 Å². The second-order valence-electron chi connectivity index (χ2n) is 3.69. The van der Waals surface area contributed by atoms with Crippen molar-refractivity contribution in [2.75, 3.05) is 0 Å². The van der Waals surface area contributed by atoms with Gasteiger partial charge in [0.05, 0.1) is 11.7 Å². The third-order valence-electron chi connectivity index (χ3n) is 3.17. The fourth-order valence-electron chi connectivity index (χ4n) is 2.33. The summed E-state index contributed by atoms with van der Waals surface area (Å²) in [5.74, 6) is 0.413. The van der Waals surface area contributed by atoms with Crippen LogP contribution in [0.15, 0.2) is 0 Å². The number of rotatable bonds is 0. The van der Waals surface area contributed by atoms with Crippen LogP contribution in [-0.4, -0.2) is 21.9 Å². The van der Waals surface area contributed by atoms with Crippen molar-refractivity contribution >= 4 is 0 Å². The van der Waals surface area contributed by atoms with Crippen molar-refractivity contribution in [3.8, 4) is 0 Å². The largest absolute Gasteiger partial charge is 0.390 e. The molecular formula is C8H14O2. The minimum atomic E-state index is -0.668. The maximum absolute atomic E-state index is 9.75. The molecule has 0 bridgehead atoms. The monoisotopic (exact) mass is 142 g/mol. The van der Waals surface area contributed by atoms with Crippen LogP contribution < -0.4 is 0 Å². The first kappa shape index (κ1) is 6.62. The van der Waals surface area contributed by atoms with E-state index >= 15 is 0 Å². The van der Waals surface area contributed by atoms with E-state index in [1.165, 1.54) is 6.42 Å². The molecule has 10 heavy (non-hydrogen) atoms. The molecular weight excluding hydrogens is 128 g/mol. The molecule has 2 rings (SSSR count). The van der Waals surface area contributed by atoms with Crippen LogP contribution in [0.3, 0.4) is 0 Å². The Balaban J connectivity index is 2.08. The van der Waals surface area contributed by atoms with E-state index in [1.54, 1.807) is 0 Å². The molecule has 0 heterocycles. The molecule has 2 fully saturated rings. The molecule has 0 aliphatic heterocycles. The zero-order valence-electron chi connectivity index (χ0n) is 6.08. The normalized spacial score (nSPS) is 53.4. The smallest absolute Gasteiger partial charge is 0.0934 e. The quantitative estimate of drug-likeness (QED) is 0.522. The third-order valence-corrected chi connectivity index (χ3v) is 3.17. The molecule has 0 unspecified atom stereocenters. The summed E-state index contributed by atoms with van der Waals surface area (Å²) in [6.45, 7) is 0. The number of hydrogen-bond acceptors (Lipinski definition) is 2. The molecule has 2 N–H and O–H groups in total. The summed E-state index contributed by atoms with van der Waals surface area (Å²) in [7, 11) is 0. The van der Waals surface area contributed by atoms with Crippen molar-refractivity contribution in [1.29, 1.82) is 0 Å². The fourth-order valence-corrected chi connectivity index (χ4v) is 2.33. The Kier molecular flexibility index (Phi) is 1.29. The summed E-state index contributed by atoms with van der Waals surface area (Å²) in [4.78, 5) is 0. The minimum absolute atomic E-state index is 0.413. The number of fused-ring (bicyclic) bond motifs is 1. The van der Waals surface area contributed by atoms with Crippen molar-refractivity contribution in [2.45, 2.75) is 43.8 Å². The van der Waals surface area contributed by atoms with E-state index in [0.29, 0.717) is 5.92 Å². The predicted octanol–water partition coefficient (Wildman–Crippen LogP) is 0.672. The summed E-state index contributed by atoms with van der Waals surface area (Å²) in [5.41, 5.74) is -0.668. The Morgan fingerprint density at radius 3 is 2.60 bits per heavy atom. The van der Waals surface area contributed by atoms with Crippen molar-refractivity contribution in [3.05, 3.63) is 0 Å². The van der Waals surface area contributed by atoms with E-state index in [-0.39, 0.29) is 0 Å². The van der Waals surface area contributed by atoms with E-state index in [2.05, 4.69) is 0 Å². The molecule has 0 aromatic heterocycles. The van der Waals surface area contributed by atoms with Gasteiger partial charge in [-0.05, 0) is 25.2 Å². The van der Waals surface area contributed by atoms with Crippen molar-refractivity contribution in [1.82, 2.24) is 0 Å². The highest BCUT2D eigenvalue weighted by atomic mass is 16.3. The maximum atomic E-state index is 9.75. The van der Waals surface area contributed by atoms with Gasteiger partial charge in [-0.25, -0.2) is 0 Å². The average Bonchev–Trinajstić information content (AvgIpc) is 1.93. The topological polar surface area (TPSA) is 40.5 Å². The van der Waals surface area contributed by atoms with Crippen LogP contribution in [0.2, 0.25) is 0 Å². The predicted molar refractivity (Wildman–Crippen MR) is 37.5 cm³/mol. The molecule has 0 aromatic carbocycles. The van der Waals surface area contributed by atoms with Gasteiger partial charge in [0.1, 0.15) is 0 Å². The molecule has 0 radical (unpaired) electrons. The zero-order chi connectivity index (χ0) is 7.19. The zero-order valence-corrected chi connectivity index (χ0v) is 6.08. The van der Waals surface area contributed by atoms with Gasteiger partial charge in [-0.2, -0.15) is 0 Å². The van der Waals surface area contributed by atoms with Crippen LogP contribution in [0.25, 0.3) is 0 Å². The van der Waals surface area contributed by atoms with Gasteiger partial charge in [0.15, 0.2) is 0 Å². The Hall–Kier alpha value is -0.0800. The van der Waals surface area contributed by atoms with Gasteiger partial charge in [-0.1, -0.05) is 12.8 Å². The van der Waals surface area contributed by atoms with E-state index < -0.39 is 11.7 Å². The molecule has 2 nitrogen and oxygen atoms in total. The van der Waals surface area contributed by atoms with E-state index in [4.69, 9.17) is 0 Å². The Bertz CT molecular complexity index is 144. The molecule has 3 atom stereocenters. The van der Waals surface area contributed by atoms with Crippen LogP contribution in [-0.2, 0) is 0 Å². The SMILES string of the molecule is O[C@H]1C[C@@H]2CCCC[C@@]21O. The van der Waals surface area contributed by atoms with Crippen LogP contribution in [0, 0.1) is 5.92 Å². The van der Waals surface area contributed by atoms with Crippen molar-refractivity contribution in [3.63, 3.8) is 0 Å². The summed E-state index contributed by atoms with van der Waals surface area (Å²) in [6, 6.07) is 0. The molecule has 2 heteroatoms. The summed E-state index contributed by atoms with van der Waals surface area (Å²) in [6.07, 6.45) is 4.67. The van der Waals surface area contributed by atoms with Crippen molar-refractivity contribution in [2.24, 2.45) is 5.92 Å². The molecule has 0 saturated heterocycles. The summed E-state index contributed by atoms with van der Waals surface area (Å²) < 4.78 is 0. The van der Waals surface area contributed by atoms with Crippen molar-refractivity contribution < 1.29 is 10.2 Å². The lowest BCUT2D eigenvalue weighted by Crippen LogP contribution is -2.60. The van der Waals surface area contributed by atoms with Gasteiger partial charge in [-0.3, -0.25) is 0 Å². The Morgan fingerprint density at radius 1 is 1.30 bits per heavy atom. The summed E-state index contributed by atoms with van der Waals surface area (Å²) in [5, 5.41) is 19.0. The third kappa shape index (κ3) is 0.663. The second-order valence-corrected chi connectivity index (χ2v) is 3.69. The maximum Gasteiger partial charge on any atom is 0.0934 e. The Morgan fingerprint density at radius 2 is 2.10 bits per heavy atom. The molecule has 2 saturated carbocycles. The van der Waals surface area contributed by atoms with Crippen LogP contribution in [0.1, 0.15) is 32.1 Å². The Labute approximate surface area is 60.9 Å². The first-order valence-corrected chi connectivity index (χ1v) is 4.14. The van der Waals surface area contributed by atoms with Gasteiger partial charge in [0, 0.05) is 0 Å². The standard InChI is InChI=1S/C8H14O2/c9-7-5-6-3-1-2-4-8(6,7)10/h6-7,9-10H,1-5H2/t6-,7-,8+/m0/s1. The molecule has 2 aliphatic carbocycles. The first-order valence-electron chi connectivity index (χ1n) is 4.14. The molecule has 0 spiro atoms. The lowest BCUT2D eigenvalue weighted by Gasteiger charge is -2.52. The number of aliphatic hydroxyl groups is 2. The number of hydrogen-bond donors (Lipinski definition) is 2. The minimum Gasteiger partial charge on any atom is -0.390 e. The van der Waals surface area contributed by atoms with E-state index in [0.717, 1.165) is 25.7 Å². The average molecular weight is 142 g/mol. The van der Waals surface area contributed by atoms with Gasteiger partial charge < -0.3 is 10.2 Å². The highest BCUT2D eigenvalue weighted by Gasteiger charge is 2.53. The number of aliphatic hydroxyl groups excluding tert-OH is 1. The first-order chi connectivity index (χ1) is 4.73. The van der Waals surface area contributed by atoms with Crippen LogP contribution in [0.5, 0.6) is 0 Å². The van der Waals surface area contributed by atoms with Gasteiger partial charge in [-0.15, -0.1) is 0 Å². The molecule has 58 valence electrons. The van der Waals surface area contributed by atoms with Crippen LogP contribution in [0.4, 0.5) is 0 Å². The molecule has 0 amide bonds. The van der Waals surface area contributed by atoms with E-state index in [9.17, 15) is 10.2 Å². The van der Waals surface area contributed by atoms with Crippen LogP contribution >= 0.6 is 0 Å². The highest BCUT2D eigenvalue weighted by Crippen LogP contribution is 2.48. The van der Waals surface area contributed by atoms with Gasteiger partial charge >= 0.3 is 0 Å². The lowest BCUT2D eigenvalue weighted by molar-refractivity contribution is -0.208. The molecule has 0 aromatic rings. The summed E-state index contributed by atoms with van der Waals surface area (Å²) >= 11 is 0. The lowest BCUT2D eigenvalue weighted by atomic mass is 9.60. The molecule has 2 aliphatic rings. The highest BCUT2D eigenvalue weighted by molar-refractivity contribution is 5.05.